The topological polar surface area (TPSA) is 107 Å². The molecule has 4 atom stereocenters. The number of hydrogen-bond acceptors (Lipinski definition) is 5. The summed E-state index contributed by atoms with van der Waals surface area (Å²) < 4.78 is 6.01. The van der Waals surface area contributed by atoms with Crippen molar-refractivity contribution in [2.45, 2.75) is 20.0 Å². The molecule has 0 spiro atoms. The summed E-state index contributed by atoms with van der Waals surface area (Å²) in [6.07, 6.45) is 1.90. The second-order valence-electron chi connectivity index (χ2n) is 10.7. The molecule has 3 aliphatic rings. The highest BCUT2D eigenvalue weighted by Gasteiger charge is 2.59. The van der Waals surface area contributed by atoms with E-state index in [1.807, 2.05) is 60.2 Å². The SMILES string of the molecule is CC(C)Oc1cc(C(=O)N2C[C@@H]3[C@H]4CN(C(=O)c5ccc6n[nH]nc6c5)C[C@H]4[C@@H]3C2)cc2[nH]ccc12. The number of fused-ring (bicyclic) bond motifs is 6. The van der Waals surface area contributed by atoms with Crippen molar-refractivity contribution >= 4 is 33.8 Å². The van der Waals surface area contributed by atoms with Crippen molar-refractivity contribution in [3.63, 3.8) is 0 Å². The Morgan fingerprint density at radius 3 is 2.17 bits per heavy atom. The minimum absolute atomic E-state index is 0.0268. The molecular weight excluding hydrogens is 456 g/mol. The number of rotatable bonds is 4. The van der Waals surface area contributed by atoms with Crippen LogP contribution in [-0.2, 0) is 0 Å². The number of benzene rings is 2. The fourth-order valence-electron chi connectivity index (χ4n) is 6.65. The van der Waals surface area contributed by atoms with Crippen molar-refractivity contribution in [3.05, 3.63) is 53.7 Å². The van der Waals surface area contributed by atoms with E-state index in [1.165, 1.54) is 0 Å². The van der Waals surface area contributed by atoms with E-state index in [4.69, 9.17) is 4.74 Å². The van der Waals surface area contributed by atoms with Gasteiger partial charge in [-0.15, -0.1) is 0 Å². The van der Waals surface area contributed by atoms with Gasteiger partial charge in [0.15, 0.2) is 0 Å². The van der Waals surface area contributed by atoms with Crippen LogP contribution >= 0.6 is 0 Å². The zero-order valence-electron chi connectivity index (χ0n) is 20.3. The molecule has 0 unspecified atom stereocenters. The van der Waals surface area contributed by atoms with Crippen molar-refractivity contribution in [1.82, 2.24) is 30.2 Å². The molecule has 4 aromatic rings. The summed E-state index contributed by atoms with van der Waals surface area (Å²) in [5.41, 5.74) is 3.68. The van der Waals surface area contributed by atoms with Crippen molar-refractivity contribution in [3.8, 4) is 5.75 Å². The number of carbonyl (C=O) groups is 2. The maximum atomic E-state index is 13.5. The number of likely N-dealkylation sites (tertiary alicyclic amines) is 2. The molecule has 0 bridgehead atoms. The molecule has 2 amide bonds. The highest BCUT2D eigenvalue weighted by atomic mass is 16.5. The summed E-state index contributed by atoms with van der Waals surface area (Å²) in [6.45, 7) is 6.99. The molecule has 1 saturated carbocycles. The Kier molecular flexibility index (Phi) is 4.64. The average molecular weight is 485 g/mol. The van der Waals surface area contributed by atoms with Crippen LogP contribution in [0.3, 0.4) is 0 Å². The Morgan fingerprint density at radius 1 is 0.861 bits per heavy atom. The van der Waals surface area contributed by atoms with Gasteiger partial charge in [0.2, 0.25) is 0 Å². The molecule has 2 aromatic heterocycles. The van der Waals surface area contributed by atoms with E-state index in [2.05, 4.69) is 20.4 Å². The predicted octanol–water partition coefficient (Wildman–Crippen LogP) is 3.32. The van der Waals surface area contributed by atoms with Crippen LogP contribution in [0.4, 0.5) is 0 Å². The van der Waals surface area contributed by atoms with E-state index in [9.17, 15) is 9.59 Å². The van der Waals surface area contributed by atoms with Gasteiger partial charge in [-0.1, -0.05) is 0 Å². The Morgan fingerprint density at radius 2 is 1.50 bits per heavy atom. The fourth-order valence-corrected chi connectivity index (χ4v) is 6.65. The monoisotopic (exact) mass is 484 g/mol. The van der Waals surface area contributed by atoms with Gasteiger partial charge in [-0.25, -0.2) is 0 Å². The number of nitrogens with zero attached hydrogens (tertiary/aromatic N) is 4. The first-order chi connectivity index (χ1) is 17.5. The second kappa shape index (κ2) is 7.81. The molecule has 9 heteroatoms. The van der Waals surface area contributed by atoms with Gasteiger partial charge in [-0.05, 0) is 73.9 Å². The second-order valence-corrected chi connectivity index (χ2v) is 10.7. The first-order valence-corrected chi connectivity index (χ1v) is 12.6. The van der Waals surface area contributed by atoms with Crippen molar-refractivity contribution in [2.24, 2.45) is 23.7 Å². The van der Waals surface area contributed by atoms with E-state index in [-0.39, 0.29) is 17.9 Å². The summed E-state index contributed by atoms with van der Waals surface area (Å²) in [7, 11) is 0. The number of ether oxygens (including phenoxy) is 1. The van der Waals surface area contributed by atoms with Crippen LogP contribution in [0.25, 0.3) is 21.9 Å². The van der Waals surface area contributed by atoms with E-state index >= 15 is 0 Å². The number of carbonyl (C=O) groups excluding carboxylic acids is 2. The summed E-state index contributed by atoms with van der Waals surface area (Å²) in [4.78, 5) is 33.9. The zero-order valence-corrected chi connectivity index (χ0v) is 20.3. The number of aromatic amines is 2. The fraction of sp³-hybridized carbons (Fsp3) is 0.407. The lowest BCUT2D eigenvalue weighted by Gasteiger charge is -2.42. The van der Waals surface area contributed by atoms with Crippen LogP contribution in [-0.4, -0.2) is 74.3 Å². The van der Waals surface area contributed by atoms with Gasteiger partial charge >= 0.3 is 0 Å². The first-order valence-electron chi connectivity index (χ1n) is 12.6. The number of nitrogens with one attached hydrogen (secondary N) is 2. The maximum Gasteiger partial charge on any atom is 0.254 e. The molecule has 0 radical (unpaired) electrons. The predicted molar refractivity (Wildman–Crippen MR) is 134 cm³/mol. The van der Waals surface area contributed by atoms with Crippen LogP contribution in [0.5, 0.6) is 5.75 Å². The highest BCUT2D eigenvalue weighted by Crippen LogP contribution is 2.54. The molecule has 3 fully saturated rings. The molecule has 2 aromatic carbocycles. The van der Waals surface area contributed by atoms with Crippen molar-refractivity contribution < 1.29 is 14.3 Å². The van der Waals surface area contributed by atoms with Gasteiger partial charge in [0.05, 0.1) is 6.10 Å². The number of H-pyrrole nitrogens is 2. The van der Waals surface area contributed by atoms with Crippen LogP contribution in [0, 0.1) is 23.7 Å². The minimum Gasteiger partial charge on any atom is -0.490 e. The third-order valence-corrected chi connectivity index (χ3v) is 8.30. The lowest BCUT2D eigenvalue weighted by Crippen LogP contribution is -2.44. The third-order valence-electron chi connectivity index (χ3n) is 8.30. The number of hydrogen-bond donors (Lipinski definition) is 2. The smallest absolute Gasteiger partial charge is 0.254 e. The summed E-state index contributed by atoms with van der Waals surface area (Å²) in [5, 5.41) is 11.8. The Balaban J connectivity index is 1.05. The van der Waals surface area contributed by atoms with Gasteiger partial charge in [-0.3, -0.25) is 9.59 Å². The first kappa shape index (κ1) is 21.4. The summed E-state index contributed by atoms with van der Waals surface area (Å²) >= 11 is 0. The van der Waals surface area contributed by atoms with Gasteiger partial charge < -0.3 is 19.5 Å². The quantitative estimate of drug-likeness (QED) is 0.462. The lowest BCUT2D eigenvalue weighted by molar-refractivity contribution is 0.0629. The molecule has 4 heterocycles. The molecule has 184 valence electrons. The Labute approximate surface area is 207 Å². The normalized spacial score (nSPS) is 24.9. The molecule has 1 aliphatic carbocycles. The lowest BCUT2D eigenvalue weighted by atomic mass is 9.60. The van der Waals surface area contributed by atoms with E-state index in [0.717, 1.165) is 48.3 Å². The summed E-state index contributed by atoms with van der Waals surface area (Å²) in [6, 6.07) is 11.3. The molecule has 36 heavy (non-hydrogen) atoms. The van der Waals surface area contributed by atoms with E-state index in [0.29, 0.717) is 40.3 Å². The van der Waals surface area contributed by atoms with Crippen molar-refractivity contribution in [2.75, 3.05) is 26.2 Å². The summed E-state index contributed by atoms with van der Waals surface area (Å²) in [5.74, 6) is 2.67. The van der Waals surface area contributed by atoms with E-state index in [1.54, 1.807) is 6.07 Å². The van der Waals surface area contributed by atoms with Crippen LogP contribution in [0.2, 0.25) is 0 Å². The molecule has 2 saturated heterocycles. The van der Waals surface area contributed by atoms with Gasteiger partial charge in [0, 0.05) is 54.4 Å². The van der Waals surface area contributed by atoms with Crippen LogP contribution in [0.1, 0.15) is 34.6 Å². The number of aromatic nitrogens is 4. The molecule has 2 N–H and O–H groups in total. The molecule has 7 rings (SSSR count). The van der Waals surface area contributed by atoms with Gasteiger partial charge in [-0.2, -0.15) is 15.4 Å². The molecule has 9 nitrogen and oxygen atoms in total. The van der Waals surface area contributed by atoms with Gasteiger partial charge in [0.1, 0.15) is 16.8 Å². The molecular formula is C27H28N6O3. The maximum absolute atomic E-state index is 13.5. The van der Waals surface area contributed by atoms with Crippen LogP contribution in [0.15, 0.2) is 42.6 Å². The largest absolute Gasteiger partial charge is 0.490 e. The Bertz CT molecular complexity index is 1490. The average Bonchev–Trinajstić information content (AvgIpc) is 3.65. The van der Waals surface area contributed by atoms with Crippen molar-refractivity contribution in [1.29, 1.82) is 0 Å². The zero-order chi connectivity index (χ0) is 24.6. The van der Waals surface area contributed by atoms with Crippen LogP contribution < -0.4 is 4.74 Å². The third kappa shape index (κ3) is 3.22. The minimum atomic E-state index is 0.0268. The van der Waals surface area contributed by atoms with Gasteiger partial charge in [0.25, 0.3) is 11.8 Å². The standard InChI is InChI=1S/C27H28N6O3/c1-14(2)36-25-9-16(8-23-17(25)5-6-28-23)27(35)33-12-20-18-10-32(11-19(18)21(20)13-33)26(34)15-3-4-22-24(7-15)30-31-29-22/h3-9,14,18-21,28H,10-13H2,1-2H3,(H,29,30,31)/t18-,19+,20+,21-. The Hall–Kier alpha value is -3.88. The highest BCUT2D eigenvalue weighted by molar-refractivity contribution is 6.00. The van der Waals surface area contributed by atoms with E-state index < -0.39 is 0 Å². The number of amides is 2. The molecule has 2 aliphatic heterocycles.